The van der Waals surface area contributed by atoms with Crippen LogP contribution in [0.2, 0.25) is 5.02 Å². The highest BCUT2D eigenvalue weighted by atomic mass is 35.5. The van der Waals surface area contributed by atoms with Crippen LogP contribution in [0.25, 0.3) is 0 Å². The van der Waals surface area contributed by atoms with Crippen LogP contribution in [-0.2, 0) is 6.54 Å². The predicted molar refractivity (Wildman–Crippen MR) is 84.3 cm³/mol. The molecule has 0 saturated carbocycles. The van der Waals surface area contributed by atoms with Crippen molar-refractivity contribution in [3.05, 3.63) is 64.7 Å². The fraction of sp³-hybridized carbons (Fsp3) is 0.294. The fourth-order valence-electron chi connectivity index (χ4n) is 2.22. The van der Waals surface area contributed by atoms with E-state index in [-0.39, 0.29) is 0 Å². The molecule has 0 aliphatic carbocycles. The van der Waals surface area contributed by atoms with Gasteiger partial charge < -0.3 is 10.1 Å². The van der Waals surface area contributed by atoms with Crippen LogP contribution in [0.4, 0.5) is 0 Å². The zero-order valence-electron chi connectivity index (χ0n) is 11.9. The summed E-state index contributed by atoms with van der Waals surface area (Å²) in [4.78, 5) is 0. The number of hydrogen-bond donors (Lipinski definition) is 1. The molecule has 1 N–H and O–H groups in total. The molecule has 1 atom stereocenters. The lowest BCUT2D eigenvalue weighted by Crippen LogP contribution is -2.20. The zero-order valence-corrected chi connectivity index (χ0v) is 12.7. The molecule has 0 amide bonds. The monoisotopic (exact) mass is 289 g/mol. The summed E-state index contributed by atoms with van der Waals surface area (Å²) in [6, 6.07) is 16.5. The topological polar surface area (TPSA) is 21.3 Å². The molecule has 2 rings (SSSR count). The van der Waals surface area contributed by atoms with Crippen molar-refractivity contribution in [3.8, 4) is 5.75 Å². The van der Waals surface area contributed by atoms with Crippen LogP contribution in [0, 0.1) is 0 Å². The summed E-state index contributed by atoms with van der Waals surface area (Å²) in [6.07, 6.45) is 1.03. The third kappa shape index (κ3) is 3.99. The number of nitrogens with one attached hydrogen (secondary N) is 1. The molecule has 2 aromatic rings. The number of halogens is 1. The number of rotatable bonds is 6. The van der Waals surface area contributed by atoms with Crippen LogP contribution in [0.15, 0.2) is 48.5 Å². The van der Waals surface area contributed by atoms with Gasteiger partial charge in [0.05, 0.1) is 7.11 Å². The lowest BCUT2D eigenvalue weighted by atomic mass is 10.0. The van der Waals surface area contributed by atoms with Crippen LogP contribution in [0.3, 0.4) is 0 Å². The average Bonchev–Trinajstić information content (AvgIpc) is 2.50. The van der Waals surface area contributed by atoms with Gasteiger partial charge in [-0.2, -0.15) is 0 Å². The summed E-state index contributed by atoms with van der Waals surface area (Å²) in [5, 5.41) is 4.35. The van der Waals surface area contributed by atoms with E-state index in [1.807, 2.05) is 24.3 Å². The van der Waals surface area contributed by atoms with Gasteiger partial charge in [-0.3, -0.25) is 0 Å². The Balaban J connectivity index is 2.01. The first-order valence-corrected chi connectivity index (χ1v) is 7.22. The van der Waals surface area contributed by atoms with E-state index in [1.54, 1.807) is 7.11 Å². The smallest absolute Gasteiger partial charge is 0.119 e. The standard InChI is InChI=1S/C17H20ClNO/c1-3-17(14-7-9-15(18)10-8-14)19-12-13-5-4-6-16(11-13)20-2/h4-11,17,19H,3,12H2,1-2H3. The Labute approximate surface area is 125 Å². The van der Waals surface area contributed by atoms with Crippen LogP contribution in [-0.4, -0.2) is 7.11 Å². The van der Waals surface area contributed by atoms with E-state index in [9.17, 15) is 0 Å². The van der Waals surface area contributed by atoms with E-state index >= 15 is 0 Å². The van der Waals surface area contributed by atoms with Gasteiger partial charge >= 0.3 is 0 Å². The Morgan fingerprint density at radius 3 is 2.55 bits per heavy atom. The van der Waals surface area contributed by atoms with Gasteiger partial charge in [-0.25, -0.2) is 0 Å². The summed E-state index contributed by atoms with van der Waals surface area (Å²) < 4.78 is 5.24. The Morgan fingerprint density at radius 1 is 1.15 bits per heavy atom. The maximum absolute atomic E-state index is 5.93. The highest BCUT2D eigenvalue weighted by Gasteiger charge is 2.08. The van der Waals surface area contributed by atoms with E-state index < -0.39 is 0 Å². The van der Waals surface area contributed by atoms with Crippen molar-refractivity contribution < 1.29 is 4.74 Å². The van der Waals surface area contributed by atoms with Gasteiger partial charge in [0.2, 0.25) is 0 Å². The normalized spacial score (nSPS) is 12.2. The maximum Gasteiger partial charge on any atom is 0.119 e. The number of benzene rings is 2. The van der Waals surface area contributed by atoms with Crippen LogP contribution >= 0.6 is 11.6 Å². The van der Waals surface area contributed by atoms with Gasteiger partial charge in [0.15, 0.2) is 0 Å². The van der Waals surface area contributed by atoms with Gasteiger partial charge in [-0.1, -0.05) is 42.8 Å². The second-order valence-corrected chi connectivity index (χ2v) is 5.18. The largest absolute Gasteiger partial charge is 0.497 e. The van der Waals surface area contributed by atoms with E-state index in [4.69, 9.17) is 16.3 Å². The molecule has 2 nitrogen and oxygen atoms in total. The maximum atomic E-state index is 5.93. The van der Waals surface area contributed by atoms with Gasteiger partial charge in [0.25, 0.3) is 0 Å². The molecule has 2 aromatic carbocycles. The molecule has 106 valence electrons. The molecular formula is C17H20ClNO. The minimum atomic E-state index is 0.332. The second-order valence-electron chi connectivity index (χ2n) is 4.74. The summed E-state index contributed by atoms with van der Waals surface area (Å²) in [7, 11) is 1.69. The molecule has 0 bridgehead atoms. The first kappa shape index (κ1) is 14.9. The van der Waals surface area contributed by atoms with Crippen LogP contribution in [0.1, 0.15) is 30.5 Å². The van der Waals surface area contributed by atoms with Crippen molar-refractivity contribution in [1.29, 1.82) is 0 Å². The van der Waals surface area contributed by atoms with Crippen molar-refractivity contribution in [2.24, 2.45) is 0 Å². The van der Waals surface area contributed by atoms with E-state index in [0.29, 0.717) is 6.04 Å². The predicted octanol–water partition coefficient (Wildman–Crippen LogP) is 4.59. The number of methoxy groups -OCH3 is 1. The van der Waals surface area contributed by atoms with Crippen LogP contribution in [0.5, 0.6) is 5.75 Å². The third-order valence-electron chi connectivity index (χ3n) is 3.37. The quantitative estimate of drug-likeness (QED) is 0.840. The Morgan fingerprint density at radius 2 is 1.90 bits per heavy atom. The Kier molecular flexibility index (Phi) is 5.45. The third-order valence-corrected chi connectivity index (χ3v) is 3.62. The molecule has 1 unspecified atom stereocenters. The average molecular weight is 290 g/mol. The number of ether oxygens (including phenoxy) is 1. The molecule has 0 aromatic heterocycles. The first-order valence-electron chi connectivity index (χ1n) is 6.84. The zero-order chi connectivity index (χ0) is 14.4. The van der Waals surface area contributed by atoms with Gasteiger partial charge in [-0.05, 0) is 41.8 Å². The molecule has 3 heteroatoms. The molecule has 0 radical (unpaired) electrons. The highest BCUT2D eigenvalue weighted by Crippen LogP contribution is 2.20. The molecule has 0 saturated heterocycles. The SMILES string of the molecule is CCC(NCc1cccc(OC)c1)c1ccc(Cl)cc1. The van der Waals surface area contributed by atoms with E-state index in [2.05, 4.69) is 36.5 Å². The lowest BCUT2D eigenvalue weighted by molar-refractivity contribution is 0.413. The van der Waals surface area contributed by atoms with Crippen molar-refractivity contribution in [2.75, 3.05) is 7.11 Å². The molecule has 0 spiro atoms. The van der Waals surface area contributed by atoms with E-state index in [0.717, 1.165) is 23.7 Å². The summed E-state index contributed by atoms with van der Waals surface area (Å²) in [5.74, 6) is 0.892. The van der Waals surface area contributed by atoms with Gasteiger partial charge in [-0.15, -0.1) is 0 Å². The van der Waals surface area contributed by atoms with Crippen LogP contribution < -0.4 is 10.1 Å². The molecule has 0 heterocycles. The minimum absolute atomic E-state index is 0.332. The van der Waals surface area contributed by atoms with E-state index in [1.165, 1.54) is 11.1 Å². The summed E-state index contributed by atoms with van der Waals surface area (Å²) >= 11 is 5.93. The summed E-state index contributed by atoms with van der Waals surface area (Å²) in [6.45, 7) is 3.00. The van der Waals surface area contributed by atoms with Gasteiger partial charge in [0.1, 0.15) is 5.75 Å². The van der Waals surface area contributed by atoms with Gasteiger partial charge in [0, 0.05) is 17.6 Å². The Hall–Kier alpha value is -1.51. The Bertz CT molecular complexity index is 539. The second kappa shape index (κ2) is 7.32. The first-order chi connectivity index (χ1) is 9.72. The molecule has 0 aliphatic rings. The van der Waals surface area contributed by atoms with Crippen molar-refractivity contribution in [2.45, 2.75) is 25.9 Å². The summed E-state index contributed by atoms with van der Waals surface area (Å²) in [5.41, 5.74) is 2.48. The fourth-order valence-corrected chi connectivity index (χ4v) is 2.34. The van der Waals surface area contributed by atoms with Crippen molar-refractivity contribution >= 4 is 11.6 Å². The molecule has 0 fully saturated rings. The van der Waals surface area contributed by atoms with Crippen molar-refractivity contribution in [1.82, 2.24) is 5.32 Å². The van der Waals surface area contributed by atoms with Crippen molar-refractivity contribution in [3.63, 3.8) is 0 Å². The molecular weight excluding hydrogens is 270 g/mol. The number of hydrogen-bond acceptors (Lipinski definition) is 2. The lowest BCUT2D eigenvalue weighted by Gasteiger charge is -2.18. The molecule has 20 heavy (non-hydrogen) atoms. The molecule has 0 aliphatic heterocycles. The highest BCUT2D eigenvalue weighted by molar-refractivity contribution is 6.30. The minimum Gasteiger partial charge on any atom is -0.497 e.